The molecule has 0 saturated carbocycles. The second kappa shape index (κ2) is 3.90. The van der Waals surface area contributed by atoms with Crippen molar-refractivity contribution in [1.29, 1.82) is 0 Å². The molecule has 0 saturated heterocycles. The smallest absolute Gasteiger partial charge is 0.245 e. The van der Waals surface area contributed by atoms with Crippen molar-refractivity contribution in [2.75, 3.05) is 0 Å². The lowest BCUT2D eigenvalue weighted by Gasteiger charge is -2.16. The van der Waals surface area contributed by atoms with Gasteiger partial charge in [-0.2, -0.15) is 5.10 Å². The molecule has 0 spiro atoms. The average Bonchev–Trinajstić information content (AvgIpc) is 1.82. The van der Waals surface area contributed by atoms with Gasteiger partial charge >= 0.3 is 0 Å². The highest BCUT2D eigenvalue weighted by Crippen LogP contribution is 2.12. The minimum atomic E-state index is -0.380. The van der Waals surface area contributed by atoms with Crippen LogP contribution in [0.5, 0.6) is 0 Å². The molecule has 3 heteroatoms. The fraction of sp³-hybridized carbons (Fsp3) is 0.800. The molecule has 0 fully saturated rings. The van der Waals surface area contributed by atoms with Crippen LogP contribution in [0.15, 0.2) is 5.10 Å². The maximum absolute atomic E-state index is 11.3. The molecule has 0 radical (unpaired) electrons. The Kier molecular flexibility index (Phi) is 3.64. The third kappa shape index (κ3) is 6.31. The highest BCUT2D eigenvalue weighted by Gasteiger charge is 2.20. The van der Waals surface area contributed by atoms with Crippen LogP contribution in [-0.2, 0) is 4.79 Å². The lowest BCUT2D eigenvalue weighted by atomic mass is 9.96. The zero-order chi connectivity index (χ0) is 10.7. The predicted octanol–water partition coefficient (Wildman–Crippen LogP) is 2.18. The predicted molar refractivity (Wildman–Crippen MR) is 55.5 cm³/mol. The van der Waals surface area contributed by atoms with Crippen molar-refractivity contribution < 1.29 is 4.79 Å². The van der Waals surface area contributed by atoms with Crippen LogP contribution in [0.4, 0.5) is 0 Å². The van der Waals surface area contributed by atoms with E-state index in [-0.39, 0.29) is 16.7 Å². The van der Waals surface area contributed by atoms with E-state index in [4.69, 9.17) is 0 Å². The summed E-state index contributed by atoms with van der Waals surface area (Å²) in [5.74, 6) is -0.0620. The van der Waals surface area contributed by atoms with E-state index >= 15 is 0 Å². The standard InChI is InChI=1S/C10H20N2O/c1-9(2,3)7-11-12-8(13)10(4,5)6/h7H,1-6H3,(H,12,13). The number of rotatable bonds is 1. The molecule has 0 aliphatic carbocycles. The van der Waals surface area contributed by atoms with E-state index in [0.29, 0.717) is 0 Å². The summed E-state index contributed by atoms with van der Waals surface area (Å²) in [5, 5.41) is 3.88. The van der Waals surface area contributed by atoms with Crippen molar-refractivity contribution in [2.45, 2.75) is 41.5 Å². The van der Waals surface area contributed by atoms with Gasteiger partial charge in [0, 0.05) is 11.6 Å². The average molecular weight is 184 g/mol. The van der Waals surface area contributed by atoms with Crippen molar-refractivity contribution >= 4 is 12.1 Å². The van der Waals surface area contributed by atoms with Crippen LogP contribution in [0.25, 0.3) is 0 Å². The summed E-state index contributed by atoms with van der Waals surface area (Å²) in [6, 6.07) is 0. The molecule has 0 aromatic rings. The summed E-state index contributed by atoms with van der Waals surface area (Å²) in [4.78, 5) is 11.3. The van der Waals surface area contributed by atoms with E-state index in [1.54, 1.807) is 6.21 Å². The molecular formula is C10H20N2O. The molecule has 0 aromatic heterocycles. The molecule has 0 heterocycles. The van der Waals surface area contributed by atoms with E-state index in [0.717, 1.165) is 0 Å². The fourth-order valence-corrected chi connectivity index (χ4v) is 0.452. The monoisotopic (exact) mass is 184 g/mol. The third-order valence-corrected chi connectivity index (χ3v) is 1.30. The normalized spacial score (nSPS) is 13.4. The molecule has 76 valence electrons. The van der Waals surface area contributed by atoms with Gasteiger partial charge in [-0.25, -0.2) is 5.43 Å². The number of carbonyl (C=O) groups is 1. The largest absolute Gasteiger partial charge is 0.273 e. The molecule has 0 aliphatic rings. The summed E-state index contributed by atoms with van der Waals surface area (Å²) in [6.07, 6.45) is 1.73. The topological polar surface area (TPSA) is 41.5 Å². The van der Waals surface area contributed by atoms with Gasteiger partial charge in [0.25, 0.3) is 0 Å². The van der Waals surface area contributed by atoms with Gasteiger partial charge in [0.05, 0.1) is 0 Å². The van der Waals surface area contributed by atoms with Crippen LogP contribution < -0.4 is 5.43 Å². The van der Waals surface area contributed by atoms with Crippen molar-refractivity contribution in [3.8, 4) is 0 Å². The number of hydrogen-bond acceptors (Lipinski definition) is 2. The van der Waals surface area contributed by atoms with Crippen molar-refractivity contribution in [3.63, 3.8) is 0 Å². The maximum Gasteiger partial charge on any atom is 0.245 e. The Labute approximate surface area is 80.6 Å². The first-order valence-electron chi connectivity index (χ1n) is 4.47. The Morgan fingerprint density at radius 1 is 1.15 bits per heavy atom. The summed E-state index contributed by atoms with van der Waals surface area (Å²) < 4.78 is 0. The van der Waals surface area contributed by atoms with Crippen molar-refractivity contribution in [2.24, 2.45) is 15.9 Å². The van der Waals surface area contributed by atoms with Crippen molar-refractivity contribution in [3.05, 3.63) is 0 Å². The van der Waals surface area contributed by atoms with Crippen LogP contribution in [0.2, 0.25) is 0 Å². The van der Waals surface area contributed by atoms with Crippen LogP contribution in [0.3, 0.4) is 0 Å². The van der Waals surface area contributed by atoms with Gasteiger partial charge in [0.1, 0.15) is 0 Å². The molecule has 0 atom stereocenters. The van der Waals surface area contributed by atoms with Gasteiger partial charge in [-0.1, -0.05) is 41.5 Å². The van der Waals surface area contributed by atoms with Crippen LogP contribution >= 0.6 is 0 Å². The molecule has 1 amide bonds. The molecule has 0 unspecified atom stereocenters. The fourth-order valence-electron chi connectivity index (χ4n) is 0.452. The minimum absolute atomic E-state index is 0.00512. The van der Waals surface area contributed by atoms with Gasteiger partial charge in [-0.05, 0) is 5.41 Å². The zero-order valence-corrected chi connectivity index (χ0v) is 9.43. The molecule has 3 nitrogen and oxygen atoms in total. The number of nitrogens with zero attached hydrogens (tertiary/aromatic N) is 1. The Balaban J connectivity index is 4.06. The summed E-state index contributed by atoms with van der Waals surface area (Å²) in [5.41, 5.74) is 2.14. The number of carbonyl (C=O) groups excluding carboxylic acids is 1. The molecule has 0 aromatic carbocycles. The highest BCUT2D eigenvalue weighted by atomic mass is 16.2. The van der Waals surface area contributed by atoms with E-state index in [9.17, 15) is 4.79 Å². The van der Waals surface area contributed by atoms with Crippen molar-refractivity contribution in [1.82, 2.24) is 5.43 Å². The second-order valence-corrected chi connectivity index (χ2v) is 5.32. The lowest BCUT2D eigenvalue weighted by Crippen LogP contribution is -2.31. The summed E-state index contributed by atoms with van der Waals surface area (Å²) in [6.45, 7) is 11.7. The Bertz CT molecular complexity index is 206. The van der Waals surface area contributed by atoms with Gasteiger partial charge in [0.2, 0.25) is 5.91 Å². The molecule has 1 N–H and O–H groups in total. The van der Waals surface area contributed by atoms with Gasteiger partial charge in [-0.15, -0.1) is 0 Å². The van der Waals surface area contributed by atoms with Gasteiger partial charge in [0.15, 0.2) is 0 Å². The molecule has 0 aliphatic heterocycles. The van der Waals surface area contributed by atoms with E-state index in [2.05, 4.69) is 10.5 Å². The summed E-state index contributed by atoms with van der Waals surface area (Å²) >= 11 is 0. The second-order valence-electron chi connectivity index (χ2n) is 5.32. The third-order valence-electron chi connectivity index (χ3n) is 1.30. The first-order chi connectivity index (χ1) is 5.63. The minimum Gasteiger partial charge on any atom is -0.273 e. The van der Waals surface area contributed by atoms with Crippen LogP contribution in [0.1, 0.15) is 41.5 Å². The highest BCUT2D eigenvalue weighted by molar-refractivity contribution is 5.82. The maximum atomic E-state index is 11.3. The Hall–Kier alpha value is -0.860. The van der Waals surface area contributed by atoms with Gasteiger partial charge in [-0.3, -0.25) is 4.79 Å². The van der Waals surface area contributed by atoms with Gasteiger partial charge < -0.3 is 0 Å². The number of hydrogen-bond donors (Lipinski definition) is 1. The molecule has 0 bridgehead atoms. The molecule has 13 heavy (non-hydrogen) atoms. The van der Waals surface area contributed by atoms with Crippen LogP contribution in [-0.4, -0.2) is 12.1 Å². The number of nitrogens with one attached hydrogen (secondary N) is 1. The first kappa shape index (κ1) is 12.1. The zero-order valence-electron chi connectivity index (χ0n) is 9.43. The SMILES string of the molecule is CC(C)(C)C=NNC(=O)C(C)(C)C. The van der Waals surface area contributed by atoms with Crippen LogP contribution in [0, 0.1) is 10.8 Å². The number of amides is 1. The van der Waals surface area contributed by atoms with E-state index < -0.39 is 0 Å². The molecular weight excluding hydrogens is 164 g/mol. The quantitative estimate of drug-likeness (QED) is 0.492. The first-order valence-corrected chi connectivity index (χ1v) is 4.47. The van der Waals surface area contributed by atoms with E-state index in [1.165, 1.54) is 0 Å². The number of hydrazone groups is 1. The lowest BCUT2D eigenvalue weighted by molar-refractivity contribution is -0.128. The summed E-state index contributed by atoms with van der Waals surface area (Å²) in [7, 11) is 0. The Morgan fingerprint density at radius 3 is 1.92 bits per heavy atom. The Morgan fingerprint density at radius 2 is 1.62 bits per heavy atom. The molecule has 0 rings (SSSR count). The van der Waals surface area contributed by atoms with E-state index in [1.807, 2.05) is 41.5 Å².